The predicted octanol–water partition coefficient (Wildman–Crippen LogP) is 2.28. The smallest absolute Gasteiger partial charge is 0.254 e. The fourth-order valence-electron chi connectivity index (χ4n) is 2.78. The summed E-state index contributed by atoms with van der Waals surface area (Å²) >= 11 is 0. The van der Waals surface area contributed by atoms with Gasteiger partial charge in [-0.25, -0.2) is 8.78 Å². The summed E-state index contributed by atoms with van der Waals surface area (Å²) < 4.78 is 26.2. The molecular weight excluding hydrogens is 352 g/mol. The molecule has 0 saturated heterocycles. The van der Waals surface area contributed by atoms with Gasteiger partial charge in [-0.15, -0.1) is 12.4 Å². The van der Waals surface area contributed by atoms with Crippen molar-refractivity contribution in [2.45, 2.75) is 50.6 Å². The summed E-state index contributed by atoms with van der Waals surface area (Å²) in [5, 5.41) is 5.49. The molecule has 0 aromatic heterocycles. The summed E-state index contributed by atoms with van der Waals surface area (Å²) in [7, 11) is 0. The van der Waals surface area contributed by atoms with Crippen LogP contribution in [-0.2, 0) is 4.79 Å². The van der Waals surface area contributed by atoms with Gasteiger partial charge in [0.05, 0.1) is 5.56 Å². The molecule has 0 heterocycles. The van der Waals surface area contributed by atoms with Crippen LogP contribution in [0.2, 0.25) is 0 Å². The number of rotatable bonds is 6. The Bertz CT molecular complexity index is 593. The van der Waals surface area contributed by atoms with E-state index in [1.807, 2.05) is 0 Å². The minimum atomic E-state index is -0.902. The molecule has 0 spiro atoms. The van der Waals surface area contributed by atoms with Crippen molar-refractivity contribution in [3.63, 3.8) is 0 Å². The number of hydrogen-bond acceptors (Lipinski definition) is 3. The number of amides is 2. The molecule has 4 N–H and O–H groups in total. The van der Waals surface area contributed by atoms with Crippen molar-refractivity contribution in [1.82, 2.24) is 10.6 Å². The molecule has 2 amide bonds. The summed E-state index contributed by atoms with van der Waals surface area (Å²) in [4.78, 5) is 23.6. The quantitative estimate of drug-likeness (QED) is 0.667. The number of halogens is 3. The van der Waals surface area contributed by atoms with Gasteiger partial charge in [-0.1, -0.05) is 0 Å². The topological polar surface area (TPSA) is 84.2 Å². The zero-order chi connectivity index (χ0) is 17.5. The normalized spacial score (nSPS) is 19.6. The molecular formula is C17H24ClF2N3O2. The molecule has 0 unspecified atom stereocenters. The van der Waals surface area contributed by atoms with E-state index >= 15 is 0 Å². The van der Waals surface area contributed by atoms with Gasteiger partial charge in [-0.3, -0.25) is 9.59 Å². The minimum absolute atomic E-state index is 0. The molecule has 0 atom stereocenters. The molecule has 2 rings (SSSR count). The molecule has 1 aromatic carbocycles. The van der Waals surface area contributed by atoms with Crippen LogP contribution in [0.3, 0.4) is 0 Å². The van der Waals surface area contributed by atoms with Crippen molar-refractivity contribution in [2.75, 3.05) is 6.54 Å². The van der Waals surface area contributed by atoms with Gasteiger partial charge in [0.15, 0.2) is 0 Å². The van der Waals surface area contributed by atoms with E-state index in [9.17, 15) is 18.4 Å². The van der Waals surface area contributed by atoms with Crippen LogP contribution in [0, 0.1) is 11.6 Å². The van der Waals surface area contributed by atoms with Crippen LogP contribution in [0.25, 0.3) is 0 Å². The zero-order valence-corrected chi connectivity index (χ0v) is 14.7. The Kier molecular flexibility index (Phi) is 8.78. The van der Waals surface area contributed by atoms with E-state index in [-0.39, 0.29) is 48.9 Å². The second-order valence-corrected chi connectivity index (χ2v) is 6.16. The first-order valence-corrected chi connectivity index (χ1v) is 8.24. The Hall–Kier alpha value is -1.73. The first-order chi connectivity index (χ1) is 11.5. The van der Waals surface area contributed by atoms with Crippen molar-refractivity contribution < 1.29 is 18.4 Å². The summed E-state index contributed by atoms with van der Waals surface area (Å²) in [5.74, 6) is -2.31. The standard InChI is InChI=1S/C17H23F2N3O2.ClH/c18-11-3-8-14(15(19)10-11)17(24)21-9-1-2-16(23)22-13-6-4-12(20)5-7-13;/h3,8,10,12-13H,1-2,4-7,9,20H2,(H,21,24)(H,22,23);1H. The van der Waals surface area contributed by atoms with Crippen molar-refractivity contribution in [3.8, 4) is 0 Å². The van der Waals surface area contributed by atoms with E-state index in [0.717, 1.165) is 37.8 Å². The summed E-state index contributed by atoms with van der Waals surface area (Å²) in [6.07, 6.45) is 4.37. The van der Waals surface area contributed by atoms with Crippen molar-refractivity contribution >= 4 is 24.2 Å². The maximum atomic E-state index is 13.5. The molecule has 5 nitrogen and oxygen atoms in total. The predicted molar refractivity (Wildman–Crippen MR) is 93.5 cm³/mol. The minimum Gasteiger partial charge on any atom is -0.353 e. The average Bonchev–Trinajstić information content (AvgIpc) is 2.53. The van der Waals surface area contributed by atoms with Gasteiger partial charge >= 0.3 is 0 Å². The van der Waals surface area contributed by atoms with E-state index < -0.39 is 17.5 Å². The maximum Gasteiger partial charge on any atom is 0.254 e. The summed E-state index contributed by atoms with van der Waals surface area (Å²) in [5.41, 5.74) is 5.61. The van der Waals surface area contributed by atoms with Crippen LogP contribution < -0.4 is 16.4 Å². The van der Waals surface area contributed by atoms with Gasteiger partial charge in [-0.2, -0.15) is 0 Å². The fraction of sp³-hybridized carbons (Fsp3) is 0.529. The third-order valence-electron chi connectivity index (χ3n) is 4.18. The molecule has 8 heteroatoms. The summed E-state index contributed by atoms with van der Waals surface area (Å²) in [6, 6.07) is 3.21. The van der Waals surface area contributed by atoms with Crippen LogP contribution in [0.5, 0.6) is 0 Å². The average molecular weight is 376 g/mol. The van der Waals surface area contributed by atoms with Crippen molar-refractivity contribution in [3.05, 3.63) is 35.4 Å². The molecule has 1 fully saturated rings. The largest absolute Gasteiger partial charge is 0.353 e. The first-order valence-electron chi connectivity index (χ1n) is 8.24. The molecule has 1 aromatic rings. The van der Waals surface area contributed by atoms with Crippen molar-refractivity contribution in [1.29, 1.82) is 0 Å². The van der Waals surface area contributed by atoms with E-state index in [0.29, 0.717) is 12.5 Å². The van der Waals surface area contributed by atoms with Crippen LogP contribution in [0.15, 0.2) is 18.2 Å². The lowest BCUT2D eigenvalue weighted by Gasteiger charge is -2.26. The highest BCUT2D eigenvalue weighted by atomic mass is 35.5. The van der Waals surface area contributed by atoms with E-state index in [1.165, 1.54) is 0 Å². The Morgan fingerprint density at radius 1 is 1.16 bits per heavy atom. The zero-order valence-electron chi connectivity index (χ0n) is 13.9. The van der Waals surface area contributed by atoms with Gasteiger partial charge in [0.1, 0.15) is 11.6 Å². The lowest BCUT2D eigenvalue weighted by Crippen LogP contribution is -2.40. The van der Waals surface area contributed by atoms with Gasteiger partial charge in [0, 0.05) is 31.1 Å². The highest BCUT2D eigenvalue weighted by Crippen LogP contribution is 2.17. The lowest BCUT2D eigenvalue weighted by molar-refractivity contribution is -0.122. The van der Waals surface area contributed by atoms with Crippen LogP contribution in [0.4, 0.5) is 8.78 Å². The third kappa shape index (κ3) is 6.96. The van der Waals surface area contributed by atoms with Gasteiger partial charge < -0.3 is 16.4 Å². The Labute approximate surface area is 152 Å². The first kappa shape index (κ1) is 21.3. The van der Waals surface area contributed by atoms with E-state index in [1.54, 1.807) is 0 Å². The molecule has 140 valence electrons. The Balaban J connectivity index is 0.00000312. The number of carbonyl (C=O) groups excluding carboxylic acids is 2. The molecule has 0 aliphatic heterocycles. The molecule has 0 bridgehead atoms. The number of hydrogen-bond donors (Lipinski definition) is 3. The summed E-state index contributed by atoms with van der Waals surface area (Å²) in [6.45, 7) is 0.249. The SMILES string of the molecule is Cl.NC1CCC(NC(=O)CCCNC(=O)c2ccc(F)cc2F)CC1. The third-order valence-corrected chi connectivity index (χ3v) is 4.18. The van der Waals surface area contributed by atoms with Crippen LogP contribution in [0.1, 0.15) is 48.9 Å². The Morgan fingerprint density at radius 2 is 1.84 bits per heavy atom. The molecule has 1 aliphatic rings. The number of nitrogens with one attached hydrogen (secondary N) is 2. The molecule has 25 heavy (non-hydrogen) atoms. The monoisotopic (exact) mass is 375 g/mol. The molecule has 0 radical (unpaired) electrons. The lowest BCUT2D eigenvalue weighted by atomic mass is 9.92. The van der Waals surface area contributed by atoms with Gasteiger partial charge in [0.2, 0.25) is 5.91 Å². The highest BCUT2D eigenvalue weighted by molar-refractivity contribution is 5.94. The highest BCUT2D eigenvalue weighted by Gasteiger charge is 2.19. The van der Waals surface area contributed by atoms with E-state index in [4.69, 9.17) is 5.73 Å². The number of nitrogens with two attached hydrogens (primary N) is 1. The van der Waals surface area contributed by atoms with Gasteiger partial charge in [0.25, 0.3) is 5.91 Å². The maximum absolute atomic E-state index is 13.5. The van der Waals surface area contributed by atoms with Crippen LogP contribution in [-0.4, -0.2) is 30.4 Å². The Morgan fingerprint density at radius 3 is 2.48 bits per heavy atom. The fourth-order valence-corrected chi connectivity index (χ4v) is 2.78. The molecule has 1 saturated carbocycles. The number of benzene rings is 1. The van der Waals surface area contributed by atoms with E-state index in [2.05, 4.69) is 10.6 Å². The number of carbonyl (C=O) groups is 2. The second-order valence-electron chi connectivity index (χ2n) is 6.16. The molecule has 1 aliphatic carbocycles. The van der Waals surface area contributed by atoms with Crippen molar-refractivity contribution in [2.24, 2.45) is 5.73 Å². The van der Waals surface area contributed by atoms with Crippen LogP contribution >= 0.6 is 12.4 Å². The second kappa shape index (κ2) is 10.3. The van der Waals surface area contributed by atoms with Gasteiger partial charge in [-0.05, 0) is 44.2 Å².